The van der Waals surface area contributed by atoms with E-state index < -0.39 is 35.6 Å². The number of nitrogens with zero attached hydrogens (tertiary/aromatic N) is 6. The molecule has 5 aromatic rings. The molecular weight excluding hydrogens is 761 g/mol. The van der Waals surface area contributed by atoms with Crippen LogP contribution < -0.4 is 42.6 Å². The topological polar surface area (TPSA) is 293 Å². The van der Waals surface area contributed by atoms with Crippen LogP contribution in [0.4, 0.5) is 46.0 Å². The maximum absolute atomic E-state index is 13.0. The summed E-state index contributed by atoms with van der Waals surface area (Å²) < 4.78 is 11.2. The molecule has 0 bridgehead atoms. The van der Waals surface area contributed by atoms with E-state index in [2.05, 4.69) is 46.4 Å². The minimum absolute atomic E-state index is 0.0225. The quantitative estimate of drug-likeness (QED) is 0.0390. The molecule has 3 amide bonds. The normalized spacial score (nSPS) is 11.1. The minimum Gasteiger partial charge on any atom is -0.424 e. The Morgan fingerprint density at radius 1 is 0.661 bits per heavy atom. The SMILES string of the molecule is CC(C)C(=O)Oc1ccc(CCC(=O)Oc2ccccc2/N=N/c2ccc(NC(=O)CNC(=O)c3ccccc3)nc2N)cc1/N=N/c1ccc(NC(=O)CN)nc1N. The van der Waals surface area contributed by atoms with Crippen LogP contribution >= 0.6 is 0 Å². The number of aromatic nitrogens is 2. The van der Waals surface area contributed by atoms with Crippen molar-refractivity contribution >= 4 is 75.7 Å². The van der Waals surface area contributed by atoms with E-state index in [1.807, 2.05) is 0 Å². The molecule has 9 N–H and O–H groups in total. The number of benzene rings is 3. The van der Waals surface area contributed by atoms with Crippen LogP contribution in [0.2, 0.25) is 0 Å². The molecule has 0 radical (unpaired) electrons. The van der Waals surface area contributed by atoms with Crippen LogP contribution in [0.5, 0.6) is 11.5 Å². The standard InChI is InChI=1S/C40H40N12O7/c1-23(2)40(57)59-31-16-12-24(20-29(31)52-51-28-14-17-32(47-38(28)43)45-34(53)21-41)13-19-36(55)58-30-11-7-6-10-26(30)49-50-27-15-18-33(48-37(27)42)46-35(54)22-44-39(56)25-8-4-3-5-9-25/h3-12,14-18,20,23H,13,19,21-22,41H2,1-2H3,(H,44,56)(H3,42,46,48,54)(H3,43,45,47,53)/b50-49+,52-51+. The monoisotopic (exact) mass is 800 g/mol. The van der Waals surface area contributed by atoms with Gasteiger partial charge in [0.15, 0.2) is 23.1 Å². The van der Waals surface area contributed by atoms with Crippen molar-refractivity contribution in [3.05, 3.63) is 108 Å². The third kappa shape index (κ3) is 12.5. The molecule has 0 fully saturated rings. The lowest BCUT2D eigenvalue weighted by Gasteiger charge is -2.11. The number of nitrogens with one attached hydrogen (secondary N) is 3. The zero-order chi connectivity index (χ0) is 42.3. The lowest BCUT2D eigenvalue weighted by atomic mass is 10.1. The number of carbonyl (C=O) groups excluding carboxylic acids is 5. The fraction of sp³-hybridized carbons (Fsp3) is 0.175. The van der Waals surface area contributed by atoms with Crippen molar-refractivity contribution in [3.63, 3.8) is 0 Å². The average molecular weight is 801 g/mol. The van der Waals surface area contributed by atoms with Crippen molar-refractivity contribution in [2.45, 2.75) is 26.7 Å². The Labute approximate surface area is 337 Å². The number of ether oxygens (including phenoxy) is 2. The molecule has 302 valence electrons. The summed E-state index contributed by atoms with van der Waals surface area (Å²) in [5.74, 6) is -2.31. The van der Waals surface area contributed by atoms with Crippen LogP contribution in [0.3, 0.4) is 0 Å². The second-order valence-corrected chi connectivity index (χ2v) is 12.8. The van der Waals surface area contributed by atoms with Gasteiger partial charge in [-0.15, -0.1) is 20.5 Å². The minimum atomic E-state index is -0.576. The molecule has 0 saturated heterocycles. The molecule has 19 heteroatoms. The Kier molecular flexibility index (Phi) is 14.5. The van der Waals surface area contributed by atoms with Crippen molar-refractivity contribution < 1.29 is 33.4 Å². The molecule has 0 saturated carbocycles. The average Bonchev–Trinajstić information content (AvgIpc) is 3.22. The van der Waals surface area contributed by atoms with E-state index >= 15 is 0 Å². The predicted molar refractivity (Wildman–Crippen MR) is 218 cm³/mol. The smallest absolute Gasteiger partial charge is 0.313 e. The van der Waals surface area contributed by atoms with Crippen LogP contribution in [0.15, 0.2) is 118 Å². The largest absolute Gasteiger partial charge is 0.424 e. The van der Waals surface area contributed by atoms with E-state index in [1.54, 1.807) is 86.6 Å². The third-order valence-electron chi connectivity index (χ3n) is 7.91. The number of amides is 3. The van der Waals surface area contributed by atoms with Gasteiger partial charge in [-0.05, 0) is 72.6 Å². The van der Waals surface area contributed by atoms with Crippen LogP contribution in [-0.2, 0) is 25.6 Å². The summed E-state index contributed by atoms with van der Waals surface area (Å²) >= 11 is 0. The predicted octanol–water partition coefficient (Wildman–Crippen LogP) is 5.84. The summed E-state index contributed by atoms with van der Waals surface area (Å²) in [5.41, 5.74) is 19.3. The van der Waals surface area contributed by atoms with Gasteiger partial charge in [-0.2, -0.15) is 0 Å². The number of para-hydroxylation sites is 1. The number of hydrogen-bond donors (Lipinski definition) is 6. The van der Waals surface area contributed by atoms with Gasteiger partial charge in [0.2, 0.25) is 11.8 Å². The maximum Gasteiger partial charge on any atom is 0.313 e. The lowest BCUT2D eigenvalue weighted by molar-refractivity contribution is -0.137. The summed E-state index contributed by atoms with van der Waals surface area (Å²) in [6, 6.07) is 25.7. The molecule has 59 heavy (non-hydrogen) atoms. The molecule has 0 aliphatic heterocycles. The molecule has 2 heterocycles. The highest BCUT2D eigenvalue weighted by Gasteiger charge is 2.16. The Morgan fingerprint density at radius 2 is 1.24 bits per heavy atom. The fourth-order valence-corrected chi connectivity index (χ4v) is 4.85. The zero-order valence-corrected chi connectivity index (χ0v) is 31.9. The second-order valence-electron chi connectivity index (χ2n) is 12.8. The molecule has 0 aliphatic rings. The number of carbonyl (C=O) groups is 5. The van der Waals surface area contributed by atoms with Crippen molar-refractivity contribution in [3.8, 4) is 11.5 Å². The van der Waals surface area contributed by atoms with Gasteiger partial charge in [-0.25, -0.2) is 9.97 Å². The van der Waals surface area contributed by atoms with Crippen molar-refractivity contribution in [1.82, 2.24) is 15.3 Å². The number of anilines is 4. The first-order valence-corrected chi connectivity index (χ1v) is 18.0. The number of nitrogen functional groups attached to an aromatic ring is 2. The Balaban J connectivity index is 1.21. The van der Waals surface area contributed by atoms with E-state index in [-0.39, 0.29) is 83.5 Å². The lowest BCUT2D eigenvalue weighted by Crippen LogP contribution is -2.33. The molecular formula is C40H40N12O7. The van der Waals surface area contributed by atoms with Gasteiger partial charge in [0.1, 0.15) is 34.4 Å². The summed E-state index contributed by atoms with van der Waals surface area (Å²) in [4.78, 5) is 69.9. The van der Waals surface area contributed by atoms with Gasteiger partial charge in [0.05, 0.1) is 19.0 Å². The Hall–Kier alpha value is -7.93. The van der Waals surface area contributed by atoms with Gasteiger partial charge in [-0.1, -0.05) is 50.2 Å². The van der Waals surface area contributed by atoms with E-state index in [0.717, 1.165) is 0 Å². The van der Waals surface area contributed by atoms with Crippen LogP contribution in [-0.4, -0.2) is 52.7 Å². The number of pyridine rings is 2. The van der Waals surface area contributed by atoms with E-state index in [0.29, 0.717) is 11.1 Å². The number of aryl methyl sites for hydroxylation is 1. The summed E-state index contributed by atoms with van der Waals surface area (Å²) in [7, 11) is 0. The Morgan fingerprint density at radius 3 is 1.86 bits per heavy atom. The van der Waals surface area contributed by atoms with Crippen LogP contribution in [0, 0.1) is 5.92 Å². The van der Waals surface area contributed by atoms with Gasteiger partial charge in [0, 0.05) is 12.0 Å². The highest BCUT2D eigenvalue weighted by Crippen LogP contribution is 2.34. The molecule has 3 aromatic carbocycles. The van der Waals surface area contributed by atoms with Crippen LogP contribution in [0.1, 0.15) is 36.2 Å². The van der Waals surface area contributed by atoms with E-state index in [9.17, 15) is 24.0 Å². The molecule has 0 atom stereocenters. The second kappa shape index (κ2) is 20.3. The highest BCUT2D eigenvalue weighted by molar-refractivity contribution is 5.99. The molecule has 0 aliphatic carbocycles. The highest BCUT2D eigenvalue weighted by atomic mass is 16.5. The molecule has 2 aromatic heterocycles. The zero-order valence-electron chi connectivity index (χ0n) is 31.9. The number of nitrogens with two attached hydrogens (primary N) is 3. The first-order valence-electron chi connectivity index (χ1n) is 18.0. The van der Waals surface area contributed by atoms with Gasteiger partial charge in [-0.3, -0.25) is 24.0 Å². The van der Waals surface area contributed by atoms with Gasteiger partial charge < -0.3 is 42.6 Å². The van der Waals surface area contributed by atoms with Gasteiger partial charge in [0.25, 0.3) is 5.91 Å². The van der Waals surface area contributed by atoms with Crippen LogP contribution in [0.25, 0.3) is 0 Å². The first kappa shape index (κ1) is 42.2. The molecule has 5 rings (SSSR count). The number of hydrogen-bond acceptors (Lipinski definition) is 16. The third-order valence-corrected chi connectivity index (χ3v) is 7.91. The van der Waals surface area contributed by atoms with Crippen molar-refractivity contribution in [2.24, 2.45) is 32.1 Å². The number of esters is 2. The molecule has 0 spiro atoms. The number of rotatable bonds is 16. The summed E-state index contributed by atoms with van der Waals surface area (Å²) in [5, 5.41) is 24.4. The first-order chi connectivity index (χ1) is 28.4. The van der Waals surface area contributed by atoms with Gasteiger partial charge >= 0.3 is 11.9 Å². The molecule has 0 unspecified atom stereocenters. The fourth-order valence-electron chi connectivity index (χ4n) is 4.85. The van der Waals surface area contributed by atoms with E-state index in [1.165, 1.54) is 24.3 Å². The number of azo groups is 2. The maximum atomic E-state index is 13.0. The van der Waals surface area contributed by atoms with Crippen molar-refractivity contribution in [2.75, 3.05) is 35.2 Å². The molecule has 19 nitrogen and oxygen atoms in total. The van der Waals surface area contributed by atoms with Crippen molar-refractivity contribution in [1.29, 1.82) is 0 Å². The van der Waals surface area contributed by atoms with E-state index in [4.69, 9.17) is 26.7 Å². The summed E-state index contributed by atoms with van der Waals surface area (Å²) in [6.07, 6.45) is 0.160. The Bertz CT molecular complexity index is 2400. The summed E-state index contributed by atoms with van der Waals surface area (Å²) in [6.45, 7) is 2.86.